The molecule has 0 atom stereocenters. The molecule has 3 aromatic carbocycles. The highest BCUT2D eigenvalue weighted by molar-refractivity contribution is 7.99. The zero-order chi connectivity index (χ0) is 21.2. The van der Waals surface area contributed by atoms with Crippen LogP contribution in [0.15, 0.2) is 82.6 Å². The van der Waals surface area contributed by atoms with Gasteiger partial charge in [-0.05, 0) is 55.0 Å². The topological polar surface area (TPSA) is 62.1 Å². The van der Waals surface area contributed by atoms with E-state index in [0.29, 0.717) is 23.4 Å². The van der Waals surface area contributed by atoms with Crippen molar-refractivity contribution < 1.29 is 9.53 Å². The number of hydrogen-bond donors (Lipinski definition) is 1. The van der Waals surface area contributed by atoms with Gasteiger partial charge in [0.2, 0.25) is 0 Å². The Morgan fingerprint density at radius 1 is 0.967 bits per heavy atom. The van der Waals surface area contributed by atoms with Crippen LogP contribution in [-0.2, 0) is 0 Å². The zero-order valence-electron chi connectivity index (χ0n) is 16.9. The molecule has 0 saturated carbocycles. The molecule has 0 aliphatic heterocycles. The fourth-order valence-corrected chi connectivity index (χ4v) is 3.85. The maximum Gasteiger partial charge on any atom is 0.255 e. The van der Waals surface area contributed by atoms with Crippen LogP contribution in [0.1, 0.15) is 42.1 Å². The van der Waals surface area contributed by atoms with Crippen LogP contribution in [0.3, 0.4) is 0 Å². The molecule has 0 fully saturated rings. The van der Waals surface area contributed by atoms with E-state index in [4.69, 9.17) is 4.74 Å². The standard InChI is InChI=1S/C25H24N2O2S/c1-2-3-8-17-29-21-15-13-19(14-16-21)25(28)27-22-10-5-7-12-24(22)30-23-11-6-4-9-20(23)18-26/h4-7,9-16H,2-3,8,17H2,1H3,(H,27,28). The van der Waals surface area contributed by atoms with Gasteiger partial charge >= 0.3 is 0 Å². The summed E-state index contributed by atoms with van der Waals surface area (Å²) in [5, 5.41) is 12.3. The molecule has 0 spiro atoms. The summed E-state index contributed by atoms with van der Waals surface area (Å²) in [4.78, 5) is 14.5. The highest BCUT2D eigenvalue weighted by Gasteiger charge is 2.11. The molecule has 152 valence electrons. The van der Waals surface area contributed by atoms with Crippen molar-refractivity contribution in [3.8, 4) is 11.8 Å². The lowest BCUT2D eigenvalue weighted by molar-refractivity contribution is 0.102. The quantitative estimate of drug-likeness (QED) is 0.403. The normalized spacial score (nSPS) is 10.3. The van der Waals surface area contributed by atoms with Gasteiger partial charge in [-0.1, -0.05) is 55.8 Å². The van der Waals surface area contributed by atoms with Crippen LogP contribution in [0.2, 0.25) is 0 Å². The summed E-state index contributed by atoms with van der Waals surface area (Å²) in [6.45, 7) is 2.85. The lowest BCUT2D eigenvalue weighted by Crippen LogP contribution is -2.12. The van der Waals surface area contributed by atoms with Crippen molar-refractivity contribution >= 4 is 23.4 Å². The van der Waals surface area contributed by atoms with Crippen molar-refractivity contribution in [3.05, 3.63) is 83.9 Å². The summed E-state index contributed by atoms with van der Waals surface area (Å²) in [5.74, 6) is 0.584. The third-order valence-corrected chi connectivity index (χ3v) is 5.65. The number of amides is 1. The molecule has 1 N–H and O–H groups in total. The van der Waals surface area contributed by atoms with Crippen molar-refractivity contribution in [2.75, 3.05) is 11.9 Å². The molecule has 0 heterocycles. The highest BCUT2D eigenvalue weighted by atomic mass is 32.2. The predicted molar refractivity (Wildman–Crippen MR) is 121 cm³/mol. The van der Waals surface area contributed by atoms with E-state index >= 15 is 0 Å². The van der Waals surface area contributed by atoms with Gasteiger partial charge in [-0.2, -0.15) is 5.26 Å². The smallest absolute Gasteiger partial charge is 0.255 e. The van der Waals surface area contributed by atoms with Gasteiger partial charge in [-0.25, -0.2) is 0 Å². The number of anilines is 1. The summed E-state index contributed by atoms with van der Waals surface area (Å²) in [6, 6.07) is 24.4. The van der Waals surface area contributed by atoms with Crippen molar-refractivity contribution in [3.63, 3.8) is 0 Å². The predicted octanol–water partition coefficient (Wildman–Crippen LogP) is 6.53. The molecule has 0 unspecified atom stereocenters. The second-order valence-corrected chi connectivity index (χ2v) is 7.82. The van der Waals surface area contributed by atoms with E-state index < -0.39 is 0 Å². The fraction of sp³-hybridized carbons (Fsp3) is 0.200. The largest absolute Gasteiger partial charge is 0.494 e. The van der Waals surface area contributed by atoms with Crippen LogP contribution in [0, 0.1) is 11.3 Å². The average molecular weight is 417 g/mol. The molecule has 4 nitrogen and oxygen atoms in total. The summed E-state index contributed by atoms with van der Waals surface area (Å²) < 4.78 is 5.71. The summed E-state index contributed by atoms with van der Waals surface area (Å²) in [5.41, 5.74) is 1.88. The van der Waals surface area contributed by atoms with E-state index in [1.165, 1.54) is 11.8 Å². The van der Waals surface area contributed by atoms with E-state index in [-0.39, 0.29) is 5.91 Å². The second-order valence-electron chi connectivity index (χ2n) is 6.74. The summed E-state index contributed by atoms with van der Waals surface area (Å²) >= 11 is 1.46. The number of para-hydroxylation sites is 1. The number of unbranched alkanes of at least 4 members (excludes halogenated alkanes) is 2. The van der Waals surface area contributed by atoms with E-state index in [1.807, 2.05) is 54.6 Å². The molecule has 3 aromatic rings. The van der Waals surface area contributed by atoms with Gasteiger partial charge < -0.3 is 10.1 Å². The van der Waals surface area contributed by atoms with E-state index in [9.17, 15) is 10.1 Å². The Hall–Kier alpha value is -3.23. The third-order valence-electron chi connectivity index (χ3n) is 4.50. The third kappa shape index (κ3) is 5.88. The second kappa shape index (κ2) is 11.1. The minimum Gasteiger partial charge on any atom is -0.494 e. The van der Waals surface area contributed by atoms with Crippen LogP contribution >= 0.6 is 11.8 Å². The van der Waals surface area contributed by atoms with E-state index in [0.717, 1.165) is 34.8 Å². The van der Waals surface area contributed by atoms with Gasteiger partial charge in [0.05, 0.1) is 17.9 Å². The van der Waals surface area contributed by atoms with Gasteiger partial charge in [0.25, 0.3) is 5.91 Å². The zero-order valence-corrected chi connectivity index (χ0v) is 17.7. The van der Waals surface area contributed by atoms with Crippen LogP contribution in [0.5, 0.6) is 5.75 Å². The van der Waals surface area contributed by atoms with E-state index in [1.54, 1.807) is 18.2 Å². The Balaban J connectivity index is 1.68. The number of carbonyl (C=O) groups is 1. The lowest BCUT2D eigenvalue weighted by Gasteiger charge is -2.12. The summed E-state index contributed by atoms with van der Waals surface area (Å²) in [6.07, 6.45) is 3.34. The molecule has 0 radical (unpaired) electrons. The Bertz CT molecular complexity index is 1030. The molecule has 0 saturated heterocycles. The van der Waals surface area contributed by atoms with Crippen LogP contribution in [-0.4, -0.2) is 12.5 Å². The van der Waals surface area contributed by atoms with Crippen molar-refractivity contribution in [2.24, 2.45) is 0 Å². The van der Waals surface area contributed by atoms with Gasteiger partial charge in [0.15, 0.2) is 0 Å². The molecular weight excluding hydrogens is 392 g/mol. The SMILES string of the molecule is CCCCCOc1ccc(C(=O)Nc2ccccc2Sc2ccccc2C#N)cc1. The molecule has 30 heavy (non-hydrogen) atoms. The number of nitrogens with one attached hydrogen (secondary N) is 1. The maximum absolute atomic E-state index is 12.7. The Kier molecular flexibility index (Phi) is 7.94. The summed E-state index contributed by atoms with van der Waals surface area (Å²) in [7, 11) is 0. The molecule has 0 aromatic heterocycles. The number of benzene rings is 3. The van der Waals surface area contributed by atoms with E-state index in [2.05, 4.69) is 18.3 Å². The van der Waals surface area contributed by atoms with Crippen LogP contribution in [0.25, 0.3) is 0 Å². The van der Waals surface area contributed by atoms with Crippen LogP contribution < -0.4 is 10.1 Å². The number of nitriles is 1. The Morgan fingerprint density at radius 3 is 2.40 bits per heavy atom. The molecule has 0 bridgehead atoms. The number of carbonyl (C=O) groups excluding carboxylic acids is 1. The first-order valence-electron chi connectivity index (χ1n) is 10.0. The molecule has 0 aliphatic rings. The van der Waals surface area contributed by atoms with Crippen molar-refractivity contribution in [1.29, 1.82) is 5.26 Å². The molecule has 0 aliphatic carbocycles. The molecule has 5 heteroatoms. The van der Waals surface area contributed by atoms with Gasteiger partial charge in [0, 0.05) is 15.4 Å². The highest BCUT2D eigenvalue weighted by Crippen LogP contribution is 2.35. The Morgan fingerprint density at radius 2 is 1.67 bits per heavy atom. The number of ether oxygens (including phenoxy) is 1. The fourth-order valence-electron chi connectivity index (χ4n) is 2.86. The molecule has 3 rings (SSSR count). The van der Waals surface area contributed by atoms with Crippen molar-refractivity contribution in [1.82, 2.24) is 0 Å². The number of hydrogen-bond acceptors (Lipinski definition) is 4. The van der Waals surface area contributed by atoms with Crippen LogP contribution in [0.4, 0.5) is 5.69 Å². The first-order chi connectivity index (χ1) is 14.7. The number of rotatable bonds is 9. The monoisotopic (exact) mass is 416 g/mol. The van der Waals surface area contributed by atoms with Gasteiger partial charge in [0.1, 0.15) is 11.8 Å². The lowest BCUT2D eigenvalue weighted by atomic mass is 10.2. The first kappa shape index (κ1) is 21.5. The minimum absolute atomic E-state index is 0.186. The van der Waals surface area contributed by atoms with Gasteiger partial charge in [-0.15, -0.1) is 0 Å². The molecule has 1 amide bonds. The van der Waals surface area contributed by atoms with Crippen molar-refractivity contribution in [2.45, 2.75) is 36.0 Å². The minimum atomic E-state index is -0.186. The molecular formula is C25H24N2O2S. The average Bonchev–Trinajstić information content (AvgIpc) is 2.79. The Labute approximate surface area is 181 Å². The first-order valence-corrected chi connectivity index (χ1v) is 10.8. The number of nitrogens with zero attached hydrogens (tertiary/aromatic N) is 1. The maximum atomic E-state index is 12.7. The van der Waals surface area contributed by atoms with Gasteiger partial charge in [-0.3, -0.25) is 4.79 Å².